The average Bonchev–Trinajstić information content (AvgIpc) is 2.82. The van der Waals surface area contributed by atoms with Crippen molar-refractivity contribution >= 4 is 12.3 Å². The summed E-state index contributed by atoms with van der Waals surface area (Å²) >= 11 is 0. The van der Waals surface area contributed by atoms with Crippen LogP contribution in [0.1, 0.15) is 41.0 Å². The van der Waals surface area contributed by atoms with Crippen molar-refractivity contribution in [3.8, 4) is 5.75 Å². The van der Waals surface area contributed by atoms with Crippen molar-refractivity contribution in [1.29, 1.82) is 0 Å². The summed E-state index contributed by atoms with van der Waals surface area (Å²) in [6.07, 6.45) is 2.42. The number of pyridine rings is 1. The smallest absolute Gasteiger partial charge is 0.257 e. The first-order valence-corrected chi connectivity index (χ1v) is 10.3. The quantitative estimate of drug-likeness (QED) is 0.479. The molecular weight excluding hydrogens is 443 g/mol. The Kier molecular flexibility index (Phi) is 7.42. The maximum atomic E-state index is 13.9. The normalized spacial score (nSPS) is 18.1. The third-order valence-corrected chi connectivity index (χ3v) is 5.83. The van der Waals surface area contributed by atoms with Crippen LogP contribution in [-0.2, 0) is 16.1 Å². The highest BCUT2D eigenvalue weighted by Gasteiger charge is 2.33. The number of benzene rings is 1. The largest absolute Gasteiger partial charge is 0.503 e. The fourth-order valence-corrected chi connectivity index (χ4v) is 3.93. The average molecular weight is 467 g/mol. The van der Waals surface area contributed by atoms with Crippen LogP contribution in [0.4, 0.5) is 13.2 Å². The Bertz CT molecular complexity index is 1120. The van der Waals surface area contributed by atoms with Gasteiger partial charge in [0.25, 0.3) is 5.91 Å². The van der Waals surface area contributed by atoms with Crippen molar-refractivity contribution < 1.29 is 32.6 Å². The molecule has 1 aliphatic rings. The van der Waals surface area contributed by atoms with E-state index >= 15 is 0 Å². The Morgan fingerprint density at radius 3 is 2.73 bits per heavy atom. The summed E-state index contributed by atoms with van der Waals surface area (Å²) in [7, 11) is 0. The number of hydrogen-bond donors (Lipinski definition) is 2. The summed E-state index contributed by atoms with van der Waals surface area (Å²) < 4.78 is 47.5. The van der Waals surface area contributed by atoms with Crippen LogP contribution in [0.15, 0.2) is 23.1 Å². The first-order valence-electron chi connectivity index (χ1n) is 10.3. The SMILES string of the molecule is CCN(C=O)[C@@H]1COCC[C@@H]1n1cc(C(=O)NCc2ccc(F)c(F)c2F)c(=O)c(O)c1C. The van der Waals surface area contributed by atoms with Crippen molar-refractivity contribution in [1.82, 2.24) is 14.8 Å². The van der Waals surface area contributed by atoms with Crippen LogP contribution in [0, 0.1) is 24.4 Å². The van der Waals surface area contributed by atoms with Gasteiger partial charge < -0.3 is 24.6 Å². The second-order valence-corrected chi connectivity index (χ2v) is 7.66. The second kappa shape index (κ2) is 10.1. The van der Waals surface area contributed by atoms with Gasteiger partial charge in [-0.25, -0.2) is 13.2 Å². The predicted molar refractivity (Wildman–Crippen MR) is 111 cm³/mol. The Hall–Kier alpha value is -3.34. The lowest BCUT2D eigenvalue weighted by Gasteiger charge is -2.39. The van der Waals surface area contributed by atoms with Crippen molar-refractivity contribution in [2.45, 2.75) is 38.9 Å². The number of amides is 2. The molecule has 178 valence electrons. The first kappa shape index (κ1) is 24.3. The number of halogens is 3. The van der Waals surface area contributed by atoms with Gasteiger partial charge in [-0.3, -0.25) is 14.4 Å². The van der Waals surface area contributed by atoms with Gasteiger partial charge in [0.05, 0.1) is 24.4 Å². The number of likely N-dealkylation sites (N-methyl/N-ethyl adjacent to an activating group) is 1. The molecule has 0 saturated carbocycles. The van der Waals surface area contributed by atoms with E-state index in [0.29, 0.717) is 26.0 Å². The summed E-state index contributed by atoms with van der Waals surface area (Å²) in [5.74, 6) is -6.05. The van der Waals surface area contributed by atoms with E-state index in [1.807, 2.05) is 0 Å². The topological polar surface area (TPSA) is 101 Å². The molecule has 2 heterocycles. The second-order valence-electron chi connectivity index (χ2n) is 7.66. The number of carbonyl (C=O) groups is 2. The molecule has 1 saturated heterocycles. The van der Waals surface area contributed by atoms with Gasteiger partial charge in [0.15, 0.2) is 23.2 Å². The summed E-state index contributed by atoms with van der Waals surface area (Å²) in [5, 5.41) is 12.7. The monoisotopic (exact) mass is 467 g/mol. The molecule has 0 radical (unpaired) electrons. The molecule has 3 rings (SSSR count). The van der Waals surface area contributed by atoms with Gasteiger partial charge in [0, 0.05) is 31.5 Å². The number of hydrogen-bond acceptors (Lipinski definition) is 5. The van der Waals surface area contributed by atoms with Gasteiger partial charge in [0.1, 0.15) is 5.56 Å². The van der Waals surface area contributed by atoms with Crippen LogP contribution in [0.5, 0.6) is 5.75 Å². The third-order valence-electron chi connectivity index (χ3n) is 5.83. The highest BCUT2D eigenvalue weighted by molar-refractivity contribution is 5.94. The molecule has 1 fully saturated rings. The summed E-state index contributed by atoms with van der Waals surface area (Å²) in [6.45, 7) is 3.82. The van der Waals surface area contributed by atoms with E-state index < -0.39 is 52.7 Å². The number of nitrogens with zero attached hydrogens (tertiary/aromatic N) is 2. The molecular formula is C22H24F3N3O5. The van der Waals surface area contributed by atoms with Crippen molar-refractivity contribution in [3.63, 3.8) is 0 Å². The van der Waals surface area contributed by atoms with Gasteiger partial charge in [-0.15, -0.1) is 0 Å². The fourth-order valence-electron chi connectivity index (χ4n) is 3.93. The molecule has 2 aromatic rings. The van der Waals surface area contributed by atoms with E-state index in [2.05, 4.69) is 5.32 Å². The Morgan fingerprint density at radius 1 is 1.33 bits per heavy atom. The predicted octanol–water partition coefficient (Wildman–Crippen LogP) is 2.02. The fraction of sp³-hybridized carbons (Fsp3) is 0.409. The minimum atomic E-state index is -1.67. The number of aromatic nitrogens is 1. The van der Waals surface area contributed by atoms with E-state index in [9.17, 15) is 32.7 Å². The van der Waals surface area contributed by atoms with Crippen LogP contribution < -0.4 is 10.7 Å². The van der Waals surface area contributed by atoms with E-state index in [-0.39, 0.29) is 23.9 Å². The van der Waals surface area contributed by atoms with E-state index in [1.54, 1.807) is 11.5 Å². The molecule has 1 aliphatic heterocycles. The molecule has 0 spiro atoms. The minimum Gasteiger partial charge on any atom is -0.503 e. The highest BCUT2D eigenvalue weighted by Crippen LogP contribution is 2.28. The van der Waals surface area contributed by atoms with Gasteiger partial charge >= 0.3 is 0 Å². The Morgan fingerprint density at radius 2 is 2.06 bits per heavy atom. The summed E-state index contributed by atoms with van der Waals surface area (Å²) in [4.78, 5) is 38.3. The van der Waals surface area contributed by atoms with E-state index in [1.165, 1.54) is 18.0 Å². The van der Waals surface area contributed by atoms with E-state index in [4.69, 9.17) is 4.74 Å². The van der Waals surface area contributed by atoms with Gasteiger partial charge in [-0.1, -0.05) is 6.07 Å². The Labute approximate surface area is 187 Å². The molecule has 2 N–H and O–H groups in total. The molecule has 2 amide bonds. The zero-order chi connectivity index (χ0) is 24.3. The lowest BCUT2D eigenvalue weighted by Crippen LogP contribution is -2.47. The Balaban J connectivity index is 1.93. The first-order chi connectivity index (χ1) is 15.7. The van der Waals surface area contributed by atoms with Gasteiger partial charge in [-0.05, 0) is 26.3 Å². The van der Waals surface area contributed by atoms with Gasteiger partial charge in [0.2, 0.25) is 11.8 Å². The molecule has 0 unspecified atom stereocenters. The van der Waals surface area contributed by atoms with Crippen LogP contribution in [0.25, 0.3) is 0 Å². The lowest BCUT2D eigenvalue weighted by atomic mass is 10.00. The number of aromatic hydroxyl groups is 1. The maximum absolute atomic E-state index is 13.9. The molecule has 1 aromatic carbocycles. The summed E-state index contributed by atoms with van der Waals surface area (Å²) in [6, 6.07) is 0.923. The molecule has 8 nitrogen and oxygen atoms in total. The zero-order valence-corrected chi connectivity index (χ0v) is 18.1. The zero-order valence-electron chi connectivity index (χ0n) is 18.1. The third kappa shape index (κ3) is 4.72. The van der Waals surface area contributed by atoms with Crippen LogP contribution in [0.3, 0.4) is 0 Å². The van der Waals surface area contributed by atoms with Crippen molar-refractivity contribution in [3.05, 3.63) is 62.8 Å². The number of nitrogens with one attached hydrogen (secondary N) is 1. The molecule has 1 aromatic heterocycles. The molecule has 11 heteroatoms. The number of carbonyl (C=O) groups excluding carboxylic acids is 2. The van der Waals surface area contributed by atoms with Crippen LogP contribution >= 0.6 is 0 Å². The highest BCUT2D eigenvalue weighted by atomic mass is 19.2. The van der Waals surface area contributed by atoms with Crippen LogP contribution in [0.2, 0.25) is 0 Å². The molecule has 0 aliphatic carbocycles. The van der Waals surface area contributed by atoms with Crippen molar-refractivity contribution in [2.75, 3.05) is 19.8 Å². The maximum Gasteiger partial charge on any atom is 0.257 e. The number of rotatable bonds is 7. The molecule has 0 bridgehead atoms. The van der Waals surface area contributed by atoms with Gasteiger partial charge in [-0.2, -0.15) is 0 Å². The lowest BCUT2D eigenvalue weighted by molar-refractivity contribution is -0.124. The van der Waals surface area contributed by atoms with E-state index in [0.717, 1.165) is 12.1 Å². The summed E-state index contributed by atoms with van der Waals surface area (Å²) in [5.41, 5.74) is -1.45. The number of ether oxygens (including phenoxy) is 1. The standard InChI is InChI=1S/C22H24F3N3O5/c1-3-27(11-29)17-10-33-7-6-16(17)28-9-14(21(31)20(30)12(28)2)22(32)26-8-13-4-5-15(23)19(25)18(13)24/h4-5,9,11,16-17,30H,3,6-8,10H2,1-2H3,(H,26,32)/t16-,17+/m0/s1. The minimum absolute atomic E-state index is 0.210. The molecule has 33 heavy (non-hydrogen) atoms. The van der Waals surface area contributed by atoms with Crippen molar-refractivity contribution in [2.24, 2.45) is 0 Å². The molecule has 2 atom stereocenters. The van der Waals surface area contributed by atoms with Crippen LogP contribution in [-0.4, -0.2) is 52.7 Å².